The molecule has 0 saturated carbocycles. The predicted octanol–water partition coefficient (Wildman–Crippen LogP) is 5.22. The summed E-state index contributed by atoms with van der Waals surface area (Å²) in [4.78, 5) is 31.1. The first-order valence-electron chi connectivity index (χ1n) is 9.52. The summed E-state index contributed by atoms with van der Waals surface area (Å²) in [7, 11) is 1.71. The summed E-state index contributed by atoms with van der Waals surface area (Å²) in [5, 5.41) is 0.601. The van der Waals surface area contributed by atoms with Crippen LogP contribution in [0, 0.1) is 0 Å². The lowest BCUT2D eigenvalue weighted by atomic mass is 10.0. The first-order chi connectivity index (χ1) is 13.9. The van der Waals surface area contributed by atoms with Gasteiger partial charge in [-0.2, -0.15) is 0 Å². The Hall–Kier alpha value is -2.86. The van der Waals surface area contributed by atoms with Gasteiger partial charge < -0.3 is 4.74 Å². The monoisotopic (exact) mass is 408 g/mol. The maximum atomic E-state index is 12.6. The van der Waals surface area contributed by atoms with Crippen LogP contribution in [-0.2, 0) is 9.53 Å². The van der Waals surface area contributed by atoms with E-state index in [0.29, 0.717) is 33.8 Å². The zero-order valence-corrected chi connectivity index (χ0v) is 17.8. The first-order valence-corrected chi connectivity index (χ1v) is 10.3. The average Bonchev–Trinajstić information content (AvgIpc) is 2.97. The van der Waals surface area contributed by atoms with Crippen molar-refractivity contribution in [2.45, 2.75) is 26.7 Å². The highest BCUT2D eigenvalue weighted by Crippen LogP contribution is 2.33. The number of nitrogens with zero attached hydrogens (tertiary/aromatic N) is 2. The van der Waals surface area contributed by atoms with E-state index >= 15 is 0 Å². The molecule has 0 atom stereocenters. The number of rotatable bonds is 5. The zero-order chi connectivity index (χ0) is 21.0. The minimum absolute atomic E-state index is 0.0789. The van der Waals surface area contributed by atoms with Crippen LogP contribution in [0.2, 0.25) is 0 Å². The lowest BCUT2D eigenvalue weighted by Gasteiger charge is -2.07. The summed E-state index contributed by atoms with van der Waals surface area (Å²) in [6, 6.07) is 15.1. The van der Waals surface area contributed by atoms with Crippen LogP contribution in [0.1, 0.15) is 48.2 Å². The first kappa shape index (κ1) is 20.9. The average molecular weight is 409 g/mol. The standard InChI is InChI=1S/C23H24N2O3S/c1-5-28-22(27)18-10-12-19(13-11-18)24-23-25(4)21(26)20(29-23)14-16-6-8-17(9-7-16)15(2)3/h6-15H,5H2,1-4H3/b20-14-,24-23?. The smallest absolute Gasteiger partial charge is 0.338 e. The quantitative estimate of drug-likeness (QED) is 0.503. The molecule has 150 valence electrons. The Kier molecular flexibility index (Phi) is 6.54. The molecule has 0 spiro atoms. The molecule has 1 heterocycles. The van der Waals surface area contributed by atoms with Gasteiger partial charge in [-0.1, -0.05) is 38.1 Å². The van der Waals surface area contributed by atoms with Crippen LogP contribution in [0.4, 0.5) is 5.69 Å². The molecule has 0 aliphatic carbocycles. The Labute approximate surface area is 175 Å². The van der Waals surface area contributed by atoms with Crippen molar-refractivity contribution in [2.24, 2.45) is 4.99 Å². The SMILES string of the molecule is CCOC(=O)c1ccc(N=C2S/C(=C\c3ccc(C(C)C)cc3)C(=O)N2C)cc1. The fraction of sp³-hybridized carbons (Fsp3) is 0.261. The van der Waals surface area contributed by atoms with E-state index < -0.39 is 0 Å². The fourth-order valence-electron chi connectivity index (χ4n) is 2.78. The summed E-state index contributed by atoms with van der Waals surface area (Å²) in [6.45, 7) is 6.41. The number of amidine groups is 1. The number of hydrogen-bond donors (Lipinski definition) is 0. The van der Waals surface area contributed by atoms with Crippen LogP contribution < -0.4 is 0 Å². The molecule has 29 heavy (non-hydrogen) atoms. The van der Waals surface area contributed by atoms with Crippen LogP contribution >= 0.6 is 11.8 Å². The number of likely N-dealkylation sites (N-methyl/N-ethyl adjacent to an activating group) is 1. The van der Waals surface area contributed by atoms with Gasteiger partial charge in [-0.05, 0) is 66.1 Å². The molecular formula is C23H24N2O3S. The van der Waals surface area contributed by atoms with Crippen molar-refractivity contribution in [2.75, 3.05) is 13.7 Å². The Balaban J connectivity index is 1.78. The van der Waals surface area contributed by atoms with Gasteiger partial charge in [0.25, 0.3) is 5.91 Å². The number of aliphatic imine (C=N–C) groups is 1. The molecule has 1 saturated heterocycles. The molecule has 0 unspecified atom stereocenters. The van der Waals surface area contributed by atoms with E-state index in [9.17, 15) is 9.59 Å². The normalized spacial score (nSPS) is 16.9. The number of ether oxygens (including phenoxy) is 1. The Bertz CT molecular complexity index is 961. The number of carbonyl (C=O) groups excluding carboxylic acids is 2. The molecular weight excluding hydrogens is 384 g/mol. The molecule has 0 aromatic heterocycles. The van der Waals surface area contributed by atoms with E-state index in [0.717, 1.165) is 5.56 Å². The van der Waals surface area contributed by atoms with E-state index in [-0.39, 0.29) is 11.9 Å². The topological polar surface area (TPSA) is 59.0 Å². The second kappa shape index (κ2) is 9.09. The van der Waals surface area contributed by atoms with E-state index in [1.807, 2.05) is 18.2 Å². The van der Waals surface area contributed by atoms with Crippen LogP contribution in [0.5, 0.6) is 0 Å². The molecule has 0 bridgehead atoms. The Morgan fingerprint density at radius 1 is 1.14 bits per heavy atom. The molecule has 5 nitrogen and oxygen atoms in total. The molecule has 1 aliphatic heterocycles. The van der Waals surface area contributed by atoms with Gasteiger partial charge >= 0.3 is 5.97 Å². The number of esters is 1. The van der Waals surface area contributed by atoms with Gasteiger partial charge in [0.05, 0.1) is 22.8 Å². The number of carbonyl (C=O) groups is 2. The number of amides is 1. The lowest BCUT2D eigenvalue weighted by Crippen LogP contribution is -2.23. The van der Waals surface area contributed by atoms with Gasteiger partial charge in [-0.3, -0.25) is 9.69 Å². The van der Waals surface area contributed by atoms with Gasteiger partial charge in [0, 0.05) is 7.05 Å². The van der Waals surface area contributed by atoms with Gasteiger partial charge in [0.2, 0.25) is 0 Å². The molecule has 1 aliphatic rings. The van der Waals surface area contributed by atoms with Crippen molar-refractivity contribution < 1.29 is 14.3 Å². The van der Waals surface area contributed by atoms with Gasteiger partial charge in [0.15, 0.2) is 5.17 Å². The van der Waals surface area contributed by atoms with Crippen LogP contribution in [0.25, 0.3) is 6.08 Å². The molecule has 0 radical (unpaired) electrons. The second-order valence-electron chi connectivity index (χ2n) is 6.96. The summed E-state index contributed by atoms with van der Waals surface area (Å²) in [5.74, 6) is 0.0343. The predicted molar refractivity (Wildman–Crippen MR) is 118 cm³/mol. The molecule has 6 heteroatoms. The minimum Gasteiger partial charge on any atom is -0.462 e. The molecule has 1 amide bonds. The van der Waals surface area contributed by atoms with E-state index in [2.05, 4.69) is 31.0 Å². The van der Waals surface area contributed by atoms with Crippen LogP contribution in [0.3, 0.4) is 0 Å². The summed E-state index contributed by atoms with van der Waals surface area (Å²) in [6.07, 6.45) is 1.89. The van der Waals surface area contributed by atoms with Gasteiger partial charge in [0.1, 0.15) is 0 Å². The van der Waals surface area contributed by atoms with Crippen LogP contribution in [0.15, 0.2) is 58.4 Å². The van der Waals surface area contributed by atoms with Crippen LogP contribution in [-0.4, -0.2) is 35.6 Å². The lowest BCUT2D eigenvalue weighted by molar-refractivity contribution is -0.121. The third kappa shape index (κ3) is 4.95. The highest BCUT2D eigenvalue weighted by molar-refractivity contribution is 8.18. The zero-order valence-electron chi connectivity index (χ0n) is 17.0. The number of hydrogen-bond acceptors (Lipinski definition) is 5. The van der Waals surface area contributed by atoms with Crippen molar-refractivity contribution in [3.8, 4) is 0 Å². The van der Waals surface area contributed by atoms with E-state index in [1.165, 1.54) is 22.2 Å². The molecule has 3 rings (SSSR count). The molecule has 0 N–H and O–H groups in total. The van der Waals surface area contributed by atoms with Crippen molar-refractivity contribution in [1.29, 1.82) is 0 Å². The van der Waals surface area contributed by atoms with E-state index in [4.69, 9.17) is 4.74 Å². The second-order valence-corrected chi connectivity index (χ2v) is 7.97. The molecule has 1 fully saturated rings. The van der Waals surface area contributed by atoms with Crippen molar-refractivity contribution in [3.63, 3.8) is 0 Å². The fourth-order valence-corrected chi connectivity index (χ4v) is 3.76. The minimum atomic E-state index is -0.358. The Morgan fingerprint density at radius 2 is 1.79 bits per heavy atom. The van der Waals surface area contributed by atoms with E-state index in [1.54, 1.807) is 38.2 Å². The molecule has 2 aromatic carbocycles. The maximum Gasteiger partial charge on any atom is 0.338 e. The third-order valence-electron chi connectivity index (χ3n) is 4.51. The summed E-state index contributed by atoms with van der Waals surface area (Å²) >= 11 is 1.34. The number of thioether (sulfide) groups is 1. The van der Waals surface area contributed by atoms with Crippen molar-refractivity contribution >= 4 is 40.6 Å². The third-order valence-corrected chi connectivity index (χ3v) is 5.57. The van der Waals surface area contributed by atoms with Crippen molar-refractivity contribution in [1.82, 2.24) is 4.90 Å². The highest BCUT2D eigenvalue weighted by Gasteiger charge is 2.30. The summed E-state index contributed by atoms with van der Waals surface area (Å²) < 4.78 is 4.98. The largest absolute Gasteiger partial charge is 0.462 e. The van der Waals surface area contributed by atoms with Gasteiger partial charge in [-0.15, -0.1) is 0 Å². The summed E-state index contributed by atoms with van der Waals surface area (Å²) in [5.41, 5.74) is 3.40. The van der Waals surface area contributed by atoms with Crippen molar-refractivity contribution in [3.05, 3.63) is 70.1 Å². The molecule has 2 aromatic rings. The van der Waals surface area contributed by atoms with Gasteiger partial charge in [-0.25, -0.2) is 9.79 Å². The highest BCUT2D eigenvalue weighted by atomic mass is 32.2. The number of benzene rings is 2. The Morgan fingerprint density at radius 3 is 2.38 bits per heavy atom. The maximum absolute atomic E-state index is 12.6.